The summed E-state index contributed by atoms with van der Waals surface area (Å²) >= 11 is 0. The molecule has 1 radical (unpaired) electrons. The van der Waals surface area contributed by atoms with Crippen LogP contribution in [0.5, 0.6) is 5.75 Å². The number of hydrogen-bond acceptors (Lipinski definition) is 1. The van der Waals surface area contributed by atoms with Gasteiger partial charge in [-0.2, -0.15) is 0 Å². The Balaban J connectivity index is 2.86. The first kappa shape index (κ1) is 9.83. The lowest BCUT2D eigenvalue weighted by atomic mass is 10.2. The molecule has 0 atom stereocenters. The van der Waals surface area contributed by atoms with Gasteiger partial charge in [-0.25, -0.2) is 4.39 Å². The van der Waals surface area contributed by atoms with E-state index in [4.69, 9.17) is 0 Å². The minimum absolute atomic E-state index is 0.0227. The van der Waals surface area contributed by atoms with E-state index in [1.165, 1.54) is 0 Å². The molecule has 1 aromatic carbocycles. The van der Waals surface area contributed by atoms with E-state index in [0.717, 1.165) is 12.1 Å². The van der Waals surface area contributed by atoms with Crippen LogP contribution in [0.2, 0.25) is 0 Å². The Bertz CT molecular complexity index is 306. The Hall–Kier alpha value is -1.26. The van der Waals surface area contributed by atoms with Crippen molar-refractivity contribution in [3.05, 3.63) is 36.5 Å². The topological polar surface area (TPSA) is 9.23 Å². The van der Waals surface area contributed by atoms with Gasteiger partial charge in [0.05, 0.1) is 0 Å². The van der Waals surface area contributed by atoms with Crippen molar-refractivity contribution in [2.75, 3.05) is 0 Å². The summed E-state index contributed by atoms with van der Waals surface area (Å²) in [5, 5.41) is 0. The van der Waals surface area contributed by atoms with Gasteiger partial charge in [0.25, 0.3) is 0 Å². The Morgan fingerprint density at radius 3 is 2.31 bits per heavy atom. The van der Waals surface area contributed by atoms with E-state index in [1.807, 2.05) is 0 Å². The number of hydrogen-bond donors (Lipinski definition) is 0. The second kappa shape index (κ2) is 3.24. The summed E-state index contributed by atoms with van der Waals surface area (Å²) < 4.78 is 51.0. The minimum Gasteiger partial charge on any atom is -0.406 e. The molecule has 0 heterocycles. The lowest BCUT2D eigenvalue weighted by Gasteiger charge is -2.08. The smallest absolute Gasteiger partial charge is 0.406 e. The third-order valence-corrected chi connectivity index (χ3v) is 1.26. The monoisotopic (exact) mass is 193 g/mol. The standard InChI is InChI=1S/C8H5F4O/c1-5-2-3-6(4-7(5)9)13-8(10,11)12/h2-4H,1H2. The van der Waals surface area contributed by atoms with E-state index in [0.29, 0.717) is 6.07 Å². The molecule has 0 saturated carbocycles. The molecule has 0 aliphatic carbocycles. The highest BCUT2D eigenvalue weighted by molar-refractivity contribution is 5.30. The van der Waals surface area contributed by atoms with Crippen LogP contribution in [0.3, 0.4) is 0 Å². The molecule has 0 unspecified atom stereocenters. The Kier molecular flexibility index (Phi) is 2.45. The molecule has 0 aliphatic heterocycles. The van der Waals surface area contributed by atoms with Gasteiger partial charge in [-0.05, 0) is 18.6 Å². The zero-order chi connectivity index (χ0) is 10.1. The zero-order valence-corrected chi connectivity index (χ0v) is 6.36. The summed E-state index contributed by atoms with van der Waals surface area (Å²) in [5.41, 5.74) is 0.0227. The number of halogens is 4. The predicted octanol–water partition coefficient (Wildman–Crippen LogP) is 2.91. The van der Waals surface area contributed by atoms with Crippen molar-refractivity contribution in [3.8, 4) is 5.75 Å². The van der Waals surface area contributed by atoms with Crippen molar-refractivity contribution in [1.29, 1.82) is 0 Å². The molecule has 0 bridgehead atoms. The molecule has 71 valence electrons. The van der Waals surface area contributed by atoms with E-state index in [-0.39, 0.29) is 5.56 Å². The third-order valence-electron chi connectivity index (χ3n) is 1.26. The van der Waals surface area contributed by atoms with Crippen LogP contribution in [0.1, 0.15) is 5.56 Å². The van der Waals surface area contributed by atoms with Crippen molar-refractivity contribution in [1.82, 2.24) is 0 Å². The normalized spacial score (nSPS) is 11.5. The van der Waals surface area contributed by atoms with Gasteiger partial charge in [-0.3, -0.25) is 0 Å². The maximum absolute atomic E-state index is 12.6. The van der Waals surface area contributed by atoms with Crippen LogP contribution < -0.4 is 4.74 Å². The van der Waals surface area contributed by atoms with E-state index in [9.17, 15) is 17.6 Å². The molecule has 0 amide bonds. The van der Waals surface area contributed by atoms with E-state index < -0.39 is 17.9 Å². The molecule has 0 spiro atoms. The Labute approximate surface area is 71.9 Å². The summed E-state index contributed by atoms with van der Waals surface area (Å²) in [6.45, 7) is 3.25. The van der Waals surface area contributed by atoms with Gasteiger partial charge in [0, 0.05) is 6.07 Å². The average molecular weight is 193 g/mol. The van der Waals surface area contributed by atoms with Gasteiger partial charge < -0.3 is 4.74 Å². The second-order valence-electron chi connectivity index (χ2n) is 2.30. The van der Waals surface area contributed by atoms with Crippen molar-refractivity contribution in [2.24, 2.45) is 0 Å². The van der Waals surface area contributed by atoms with Crippen LogP contribution in [0, 0.1) is 12.7 Å². The van der Waals surface area contributed by atoms with Crippen LogP contribution in [0.15, 0.2) is 18.2 Å². The second-order valence-corrected chi connectivity index (χ2v) is 2.30. The Morgan fingerprint density at radius 1 is 1.23 bits per heavy atom. The molecule has 0 aromatic heterocycles. The van der Waals surface area contributed by atoms with Gasteiger partial charge in [0.2, 0.25) is 0 Å². The third kappa shape index (κ3) is 2.93. The summed E-state index contributed by atoms with van der Waals surface area (Å²) in [6, 6.07) is 2.74. The van der Waals surface area contributed by atoms with Gasteiger partial charge in [-0.15, -0.1) is 13.2 Å². The first-order valence-electron chi connectivity index (χ1n) is 3.26. The molecule has 1 aromatic rings. The molecule has 13 heavy (non-hydrogen) atoms. The largest absolute Gasteiger partial charge is 0.573 e. The maximum atomic E-state index is 12.6. The first-order valence-corrected chi connectivity index (χ1v) is 3.26. The van der Waals surface area contributed by atoms with Gasteiger partial charge in [0.1, 0.15) is 11.6 Å². The lowest BCUT2D eigenvalue weighted by molar-refractivity contribution is -0.274. The highest BCUT2D eigenvalue weighted by Gasteiger charge is 2.31. The fraction of sp³-hybridized carbons (Fsp3) is 0.125. The molecular formula is C8H5F4O. The highest BCUT2D eigenvalue weighted by atomic mass is 19.4. The molecular weight excluding hydrogens is 188 g/mol. The van der Waals surface area contributed by atoms with E-state index >= 15 is 0 Å². The lowest BCUT2D eigenvalue weighted by Crippen LogP contribution is -2.17. The maximum Gasteiger partial charge on any atom is 0.573 e. The Morgan fingerprint density at radius 2 is 1.85 bits per heavy atom. The number of alkyl halides is 3. The summed E-state index contributed by atoms with van der Waals surface area (Å²) in [6.07, 6.45) is -4.80. The van der Waals surface area contributed by atoms with Crippen LogP contribution in [-0.4, -0.2) is 6.36 Å². The van der Waals surface area contributed by atoms with Gasteiger partial charge >= 0.3 is 6.36 Å². The minimum atomic E-state index is -4.80. The van der Waals surface area contributed by atoms with Crippen LogP contribution >= 0.6 is 0 Å². The summed E-state index contributed by atoms with van der Waals surface area (Å²) in [5.74, 6) is -1.42. The number of rotatable bonds is 1. The van der Waals surface area contributed by atoms with E-state index in [1.54, 1.807) is 0 Å². The highest BCUT2D eigenvalue weighted by Crippen LogP contribution is 2.23. The van der Waals surface area contributed by atoms with Crippen LogP contribution in [0.25, 0.3) is 0 Å². The molecule has 0 fully saturated rings. The number of ether oxygens (including phenoxy) is 1. The fourth-order valence-corrected chi connectivity index (χ4v) is 0.725. The first-order chi connectivity index (χ1) is 5.88. The van der Waals surface area contributed by atoms with Crippen molar-refractivity contribution in [3.63, 3.8) is 0 Å². The van der Waals surface area contributed by atoms with Gasteiger partial charge in [-0.1, -0.05) is 6.07 Å². The number of benzene rings is 1. The molecule has 1 rings (SSSR count). The van der Waals surface area contributed by atoms with Gasteiger partial charge in [0.15, 0.2) is 0 Å². The molecule has 1 nitrogen and oxygen atoms in total. The molecule has 5 heteroatoms. The van der Waals surface area contributed by atoms with Crippen molar-refractivity contribution in [2.45, 2.75) is 6.36 Å². The van der Waals surface area contributed by atoms with Crippen molar-refractivity contribution < 1.29 is 22.3 Å². The molecule has 0 aliphatic rings. The zero-order valence-electron chi connectivity index (χ0n) is 6.36. The predicted molar refractivity (Wildman–Crippen MR) is 37.5 cm³/mol. The summed E-state index contributed by atoms with van der Waals surface area (Å²) in [4.78, 5) is 0. The molecule has 0 N–H and O–H groups in total. The van der Waals surface area contributed by atoms with Crippen LogP contribution in [0.4, 0.5) is 17.6 Å². The van der Waals surface area contributed by atoms with Crippen molar-refractivity contribution >= 4 is 0 Å². The van der Waals surface area contributed by atoms with E-state index in [2.05, 4.69) is 11.7 Å². The molecule has 0 saturated heterocycles. The van der Waals surface area contributed by atoms with Crippen LogP contribution in [-0.2, 0) is 0 Å². The quantitative estimate of drug-likeness (QED) is 0.623. The fourth-order valence-electron chi connectivity index (χ4n) is 0.725. The SMILES string of the molecule is [CH2]c1ccc(OC(F)(F)F)cc1F. The summed E-state index contributed by atoms with van der Waals surface area (Å²) in [7, 11) is 0. The average Bonchev–Trinajstić information content (AvgIpc) is 1.94.